The topological polar surface area (TPSA) is 69.5 Å². The summed E-state index contributed by atoms with van der Waals surface area (Å²) in [5, 5.41) is 12.8. The summed E-state index contributed by atoms with van der Waals surface area (Å²) in [6.07, 6.45) is 0.204. The lowest BCUT2D eigenvalue weighted by Gasteiger charge is -2.15. The molecular weight excluding hydrogens is 329 g/mol. The molecule has 2 rings (SSSR count). The lowest BCUT2D eigenvalue weighted by Crippen LogP contribution is -2.08. The maximum Gasteiger partial charge on any atom is 0.203 e. The van der Waals surface area contributed by atoms with Crippen LogP contribution in [0.2, 0.25) is 0 Å². The van der Waals surface area contributed by atoms with E-state index in [1.165, 1.54) is 40.6 Å². The van der Waals surface area contributed by atoms with E-state index in [0.717, 1.165) is 0 Å². The molecule has 0 bridgehead atoms. The van der Waals surface area contributed by atoms with Gasteiger partial charge in [-0.15, -0.1) is 0 Å². The summed E-state index contributed by atoms with van der Waals surface area (Å²) in [6.45, 7) is 0. The SMILES string of the molecule is COc1ccc(CC(=NO)c2cc(OC)c(OC)c(OC)c2)cc1F. The summed E-state index contributed by atoms with van der Waals surface area (Å²) >= 11 is 0. The van der Waals surface area contributed by atoms with Crippen molar-refractivity contribution in [2.75, 3.05) is 28.4 Å². The Morgan fingerprint density at radius 2 is 1.52 bits per heavy atom. The van der Waals surface area contributed by atoms with Gasteiger partial charge in [0.2, 0.25) is 5.75 Å². The van der Waals surface area contributed by atoms with Crippen LogP contribution in [0.3, 0.4) is 0 Å². The Bertz CT molecular complexity index is 751. The van der Waals surface area contributed by atoms with Gasteiger partial charge in [0.15, 0.2) is 23.1 Å². The molecule has 0 atom stereocenters. The van der Waals surface area contributed by atoms with Gasteiger partial charge in [0, 0.05) is 12.0 Å². The molecule has 0 fully saturated rings. The van der Waals surface area contributed by atoms with Crippen LogP contribution in [-0.2, 0) is 6.42 Å². The predicted octanol–water partition coefficient (Wildman–Crippen LogP) is 3.28. The lowest BCUT2D eigenvalue weighted by atomic mass is 10.0. The Morgan fingerprint density at radius 3 is 1.96 bits per heavy atom. The van der Waals surface area contributed by atoms with Crippen molar-refractivity contribution in [2.24, 2.45) is 5.16 Å². The fourth-order valence-electron chi connectivity index (χ4n) is 2.46. The third-order valence-electron chi connectivity index (χ3n) is 3.71. The van der Waals surface area contributed by atoms with E-state index in [-0.39, 0.29) is 12.2 Å². The largest absolute Gasteiger partial charge is 0.494 e. The molecule has 0 aromatic heterocycles. The molecule has 0 heterocycles. The molecule has 1 N–H and O–H groups in total. The highest BCUT2D eigenvalue weighted by atomic mass is 19.1. The molecule has 0 saturated carbocycles. The van der Waals surface area contributed by atoms with E-state index in [4.69, 9.17) is 18.9 Å². The van der Waals surface area contributed by atoms with Crippen molar-refractivity contribution >= 4 is 5.71 Å². The molecule has 0 radical (unpaired) electrons. The number of hydrogen-bond acceptors (Lipinski definition) is 6. The van der Waals surface area contributed by atoms with Crippen molar-refractivity contribution in [1.82, 2.24) is 0 Å². The van der Waals surface area contributed by atoms with Crippen LogP contribution in [0.5, 0.6) is 23.0 Å². The standard InChI is InChI=1S/C18H20FNO5/c1-22-15-6-5-11(7-13(15)19)8-14(20-21)12-9-16(23-2)18(25-4)17(10-12)24-3/h5-7,9-10,21H,8H2,1-4H3. The second kappa shape index (κ2) is 8.23. The molecule has 25 heavy (non-hydrogen) atoms. The zero-order valence-electron chi connectivity index (χ0n) is 14.5. The number of ether oxygens (including phenoxy) is 4. The minimum absolute atomic E-state index is 0.152. The van der Waals surface area contributed by atoms with Gasteiger partial charge in [0.1, 0.15) is 0 Å². The molecule has 0 unspecified atom stereocenters. The van der Waals surface area contributed by atoms with Gasteiger partial charge in [-0.25, -0.2) is 4.39 Å². The summed E-state index contributed by atoms with van der Waals surface area (Å²) in [5.74, 6) is 0.959. The molecular formula is C18H20FNO5. The van der Waals surface area contributed by atoms with Crippen LogP contribution in [0.1, 0.15) is 11.1 Å². The lowest BCUT2D eigenvalue weighted by molar-refractivity contribution is 0.317. The van der Waals surface area contributed by atoms with Crippen LogP contribution in [0, 0.1) is 5.82 Å². The Morgan fingerprint density at radius 1 is 0.920 bits per heavy atom. The molecule has 0 spiro atoms. The van der Waals surface area contributed by atoms with Crippen molar-refractivity contribution < 1.29 is 28.5 Å². The van der Waals surface area contributed by atoms with E-state index < -0.39 is 5.82 Å². The van der Waals surface area contributed by atoms with E-state index in [0.29, 0.717) is 34.1 Å². The molecule has 6 nitrogen and oxygen atoms in total. The third kappa shape index (κ3) is 3.93. The van der Waals surface area contributed by atoms with Gasteiger partial charge in [-0.05, 0) is 29.8 Å². The summed E-state index contributed by atoms with van der Waals surface area (Å²) < 4.78 is 34.6. The zero-order valence-corrected chi connectivity index (χ0v) is 14.5. The molecule has 0 aliphatic heterocycles. The maximum atomic E-state index is 13.9. The van der Waals surface area contributed by atoms with Gasteiger partial charge in [-0.3, -0.25) is 0 Å². The number of benzene rings is 2. The highest BCUT2D eigenvalue weighted by molar-refractivity contribution is 6.02. The summed E-state index contributed by atoms with van der Waals surface area (Å²) in [5.41, 5.74) is 1.51. The number of methoxy groups -OCH3 is 4. The van der Waals surface area contributed by atoms with E-state index in [9.17, 15) is 9.60 Å². The average molecular weight is 349 g/mol. The Kier molecular flexibility index (Phi) is 6.05. The van der Waals surface area contributed by atoms with Crippen molar-refractivity contribution in [3.63, 3.8) is 0 Å². The van der Waals surface area contributed by atoms with E-state index in [1.54, 1.807) is 18.2 Å². The minimum atomic E-state index is -0.484. The first-order chi connectivity index (χ1) is 12.1. The van der Waals surface area contributed by atoms with Gasteiger partial charge >= 0.3 is 0 Å². The molecule has 7 heteroatoms. The molecule has 2 aromatic rings. The first-order valence-corrected chi connectivity index (χ1v) is 7.41. The highest BCUT2D eigenvalue weighted by Crippen LogP contribution is 2.38. The molecule has 2 aromatic carbocycles. The van der Waals surface area contributed by atoms with Crippen molar-refractivity contribution in [1.29, 1.82) is 0 Å². The quantitative estimate of drug-likeness (QED) is 0.472. The van der Waals surface area contributed by atoms with E-state index in [2.05, 4.69) is 5.16 Å². The second-order valence-corrected chi connectivity index (χ2v) is 5.11. The summed E-state index contributed by atoms with van der Waals surface area (Å²) in [4.78, 5) is 0. The first kappa shape index (κ1) is 18.4. The van der Waals surface area contributed by atoms with E-state index >= 15 is 0 Å². The van der Waals surface area contributed by atoms with Crippen LogP contribution < -0.4 is 18.9 Å². The Balaban J connectivity index is 2.39. The van der Waals surface area contributed by atoms with Gasteiger partial charge < -0.3 is 24.2 Å². The Hall–Kier alpha value is -2.96. The Labute approximate surface area is 145 Å². The van der Waals surface area contributed by atoms with Crippen molar-refractivity contribution in [2.45, 2.75) is 6.42 Å². The third-order valence-corrected chi connectivity index (χ3v) is 3.71. The molecule has 0 saturated heterocycles. The molecule has 134 valence electrons. The molecule has 0 aliphatic rings. The smallest absolute Gasteiger partial charge is 0.203 e. The van der Waals surface area contributed by atoms with E-state index in [1.807, 2.05) is 0 Å². The highest BCUT2D eigenvalue weighted by Gasteiger charge is 2.17. The van der Waals surface area contributed by atoms with Crippen LogP contribution in [0.15, 0.2) is 35.5 Å². The predicted molar refractivity (Wildman–Crippen MR) is 91.1 cm³/mol. The fraction of sp³-hybridized carbons (Fsp3) is 0.278. The van der Waals surface area contributed by atoms with Crippen LogP contribution >= 0.6 is 0 Å². The number of oxime groups is 1. The number of halogens is 1. The van der Waals surface area contributed by atoms with Gasteiger partial charge in [-0.1, -0.05) is 11.2 Å². The average Bonchev–Trinajstić information content (AvgIpc) is 2.64. The van der Waals surface area contributed by atoms with Crippen molar-refractivity contribution in [3.05, 3.63) is 47.3 Å². The number of hydrogen-bond donors (Lipinski definition) is 1. The number of nitrogens with zero attached hydrogens (tertiary/aromatic N) is 1. The second-order valence-electron chi connectivity index (χ2n) is 5.11. The summed E-state index contributed by atoms with van der Waals surface area (Å²) in [7, 11) is 5.89. The monoisotopic (exact) mass is 349 g/mol. The minimum Gasteiger partial charge on any atom is -0.494 e. The fourth-order valence-corrected chi connectivity index (χ4v) is 2.46. The van der Waals surface area contributed by atoms with Crippen molar-refractivity contribution in [3.8, 4) is 23.0 Å². The molecule has 0 aliphatic carbocycles. The molecule has 0 amide bonds. The normalized spacial score (nSPS) is 11.2. The maximum absolute atomic E-state index is 13.9. The van der Waals surface area contributed by atoms with Gasteiger partial charge in [-0.2, -0.15) is 0 Å². The van der Waals surface area contributed by atoms with Crippen LogP contribution in [0.25, 0.3) is 0 Å². The van der Waals surface area contributed by atoms with Crippen LogP contribution in [-0.4, -0.2) is 39.4 Å². The first-order valence-electron chi connectivity index (χ1n) is 7.41. The summed E-state index contributed by atoms with van der Waals surface area (Å²) in [6, 6.07) is 7.88. The van der Waals surface area contributed by atoms with Gasteiger partial charge in [0.05, 0.1) is 34.2 Å². The zero-order chi connectivity index (χ0) is 18.4. The van der Waals surface area contributed by atoms with Gasteiger partial charge in [0.25, 0.3) is 0 Å². The number of rotatable bonds is 7. The van der Waals surface area contributed by atoms with Crippen LogP contribution in [0.4, 0.5) is 4.39 Å².